The van der Waals surface area contributed by atoms with Crippen LogP contribution in [0.15, 0.2) is 59.3 Å². The highest BCUT2D eigenvalue weighted by molar-refractivity contribution is 5.80. The Balaban J connectivity index is 1.73. The van der Waals surface area contributed by atoms with Crippen LogP contribution in [0.4, 0.5) is 0 Å². The van der Waals surface area contributed by atoms with Gasteiger partial charge in [0.2, 0.25) is 5.88 Å². The average Bonchev–Trinajstić information content (AvgIpc) is 3.14. The van der Waals surface area contributed by atoms with Crippen molar-refractivity contribution in [2.24, 2.45) is 0 Å². The molecule has 0 fully saturated rings. The molecule has 20 heavy (non-hydrogen) atoms. The van der Waals surface area contributed by atoms with E-state index in [4.69, 9.17) is 9.15 Å². The van der Waals surface area contributed by atoms with Crippen LogP contribution in [-0.2, 0) is 6.61 Å². The van der Waals surface area contributed by atoms with Crippen LogP contribution < -0.4 is 4.74 Å². The monoisotopic (exact) mass is 265 g/mol. The van der Waals surface area contributed by atoms with Gasteiger partial charge in [-0.05, 0) is 18.2 Å². The molecule has 0 saturated heterocycles. The lowest BCUT2D eigenvalue weighted by Gasteiger charge is -1.99. The van der Waals surface area contributed by atoms with Gasteiger partial charge in [0.25, 0.3) is 0 Å². The maximum absolute atomic E-state index is 5.62. The van der Waals surface area contributed by atoms with Crippen molar-refractivity contribution in [2.45, 2.75) is 6.61 Å². The van der Waals surface area contributed by atoms with E-state index in [-0.39, 0.29) is 0 Å². The largest absolute Gasteiger partial charge is 0.468 e. The maximum atomic E-state index is 5.62. The molecule has 0 aliphatic heterocycles. The van der Waals surface area contributed by atoms with Crippen LogP contribution in [0.2, 0.25) is 0 Å². The molecule has 0 amide bonds. The second kappa shape index (κ2) is 4.38. The van der Waals surface area contributed by atoms with Crippen LogP contribution >= 0.6 is 0 Å². The third kappa shape index (κ3) is 1.80. The number of hydrogen-bond donors (Lipinski definition) is 0. The third-order valence-corrected chi connectivity index (χ3v) is 3.11. The molecule has 4 rings (SSSR count). The zero-order valence-corrected chi connectivity index (χ0v) is 10.6. The molecule has 0 bridgehead atoms. The molecule has 98 valence electrons. The number of rotatable bonds is 3. The Hall–Kier alpha value is -2.82. The lowest BCUT2D eigenvalue weighted by atomic mass is 10.2. The van der Waals surface area contributed by atoms with Crippen LogP contribution in [-0.4, -0.2) is 14.6 Å². The minimum absolute atomic E-state index is 0.356. The van der Waals surface area contributed by atoms with Gasteiger partial charge < -0.3 is 9.15 Å². The number of para-hydroxylation sites is 1. The van der Waals surface area contributed by atoms with Gasteiger partial charge in [-0.25, -0.2) is 9.50 Å². The first-order valence-electron chi connectivity index (χ1n) is 6.29. The van der Waals surface area contributed by atoms with Crippen molar-refractivity contribution in [3.63, 3.8) is 0 Å². The number of nitrogens with zero attached hydrogens (tertiary/aromatic N) is 3. The standard InChI is InChI=1S/C15H11N3O2/c1-2-6-13-11(4-1)9-16-14-8-15(17-18(13)14)20-10-12-5-3-7-19-12/h1-9H,10H2. The minimum Gasteiger partial charge on any atom is -0.468 e. The number of ether oxygens (including phenoxy) is 1. The van der Waals surface area contributed by atoms with Crippen molar-refractivity contribution in [2.75, 3.05) is 0 Å². The maximum Gasteiger partial charge on any atom is 0.235 e. The van der Waals surface area contributed by atoms with Gasteiger partial charge in [0, 0.05) is 17.6 Å². The Bertz CT molecular complexity index is 865. The summed E-state index contributed by atoms with van der Waals surface area (Å²) in [7, 11) is 0. The van der Waals surface area contributed by atoms with Gasteiger partial charge in [0.15, 0.2) is 5.65 Å². The fraction of sp³-hybridized carbons (Fsp3) is 0.0667. The van der Waals surface area contributed by atoms with E-state index in [0.717, 1.165) is 22.3 Å². The van der Waals surface area contributed by atoms with E-state index >= 15 is 0 Å². The summed E-state index contributed by atoms with van der Waals surface area (Å²) in [5.41, 5.74) is 1.77. The number of hydrogen-bond acceptors (Lipinski definition) is 4. The van der Waals surface area contributed by atoms with Gasteiger partial charge in [-0.2, -0.15) is 0 Å². The van der Waals surface area contributed by atoms with Crippen molar-refractivity contribution >= 4 is 16.6 Å². The highest BCUT2D eigenvalue weighted by Crippen LogP contribution is 2.19. The lowest BCUT2D eigenvalue weighted by Crippen LogP contribution is -1.95. The van der Waals surface area contributed by atoms with Crippen LogP contribution in [0.25, 0.3) is 16.6 Å². The van der Waals surface area contributed by atoms with Crippen LogP contribution in [0, 0.1) is 0 Å². The number of furan rings is 1. The number of benzene rings is 1. The van der Waals surface area contributed by atoms with E-state index in [9.17, 15) is 0 Å². The summed E-state index contributed by atoms with van der Waals surface area (Å²) >= 11 is 0. The van der Waals surface area contributed by atoms with E-state index in [1.807, 2.05) is 48.7 Å². The second-order valence-corrected chi connectivity index (χ2v) is 4.44. The minimum atomic E-state index is 0.356. The summed E-state index contributed by atoms with van der Waals surface area (Å²) in [5.74, 6) is 1.30. The number of fused-ring (bicyclic) bond motifs is 3. The van der Waals surface area contributed by atoms with E-state index in [1.165, 1.54) is 0 Å². The van der Waals surface area contributed by atoms with Gasteiger partial charge >= 0.3 is 0 Å². The summed E-state index contributed by atoms with van der Waals surface area (Å²) in [6, 6.07) is 13.5. The summed E-state index contributed by atoms with van der Waals surface area (Å²) in [5, 5.41) is 5.47. The Morgan fingerprint density at radius 2 is 2.10 bits per heavy atom. The smallest absolute Gasteiger partial charge is 0.235 e. The van der Waals surface area contributed by atoms with Crippen LogP contribution in [0.5, 0.6) is 5.88 Å². The Morgan fingerprint density at radius 3 is 3.00 bits per heavy atom. The SMILES string of the molecule is c1coc(COc2cc3ncc4ccccc4n3n2)c1. The van der Waals surface area contributed by atoms with Gasteiger partial charge in [0.05, 0.1) is 11.8 Å². The van der Waals surface area contributed by atoms with Crippen LogP contribution in [0.3, 0.4) is 0 Å². The predicted molar refractivity (Wildman–Crippen MR) is 73.5 cm³/mol. The zero-order valence-electron chi connectivity index (χ0n) is 10.6. The summed E-state index contributed by atoms with van der Waals surface area (Å²) < 4.78 is 12.6. The summed E-state index contributed by atoms with van der Waals surface area (Å²) in [6.45, 7) is 0.356. The van der Waals surface area contributed by atoms with Gasteiger partial charge in [-0.3, -0.25) is 0 Å². The molecule has 0 saturated carbocycles. The molecule has 4 aromatic rings. The van der Waals surface area contributed by atoms with Crippen molar-refractivity contribution in [3.8, 4) is 5.88 Å². The Kier molecular flexibility index (Phi) is 2.42. The second-order valence-electron chi connectivity index (χ2n) is 4.44. The van der Waals surface area contributed by atoms with Crippen LogP contribution in [0.1, 0.15) is 5.76 Å². The zero-order chi connectivity index (χ0) is 13.4. The number of aromatic nitrogens is 3. The molecule has 3 aromatic heterocycles. The first kappa shape index (κ1) is 11.0. The average molecular weight is 265 g/mol. The van der Waals surface area contributed by atoms with Crippen molar-refractivity contribution in [3.05, 3.63) is 60.7 Å². The van der Waals surface area contributed by atoms with Gasteiger partial charge in [-0.1, -0.05) is 18.2 Å². The van der Waals surface area contributed by atoms with Crippen molar-refractivity contribution < 1.29 is 9.15 Å². The van der Waals surface area contributed by atoms with E-state index in [0.29, 0.717) is 12.5 Å². The third-order valence-electron chi connectivity index (χ3n) is 3.11. The van der Waals surface area contributed by atoms with E-state index < -0.39 is 0 Å². The molecule has 0 radical (unpaired) electrons. The first-order chi connectivity index (χ1) is 9.90. The molecular weight excluding hydrogens is 254 g/mol. The molecule has 0 aliphatic carbocycles. The van der Waals surface area contributed by atoms with Gasteiger partial charge in [0.1, 0.15) is 12.4 Å². The van der Waals surface area contributed by atoms with E-state index in [2.05, 4.69) is 10.1 Å². The van der Waals surface area contributed by atoms with Gasteiger partial charge in [-0.15, -0.1) is 5.10 Å². The first-order valence-corrected chi connectivity index (χ1v) is 6.29. The molecule has 0 aliphatic rings. The summed E-state index contributed by atoms with van der Waals surface area (Å²) in [6.07, 6.45) is 3.46. The normalized spacial score (nSPS) is 11.2. The highest BCUT2D eigenvalue weighted by Gasteiger charge is 2.07. The molecule has 5 nitrogen and oxygen atoms in total. The Morgan fingerprint density at radius 1 is 1.15 bits per heavy atom. The van der Waals surface area contributed by atoms with E-state index in [1.54, 1.807) is 10.8 Å². The topological polar surface area (TPSA) is 52.6 Å². The fourth-order valence-electron chi connectivity index (χ4n) is 2.16. The molecular formula is C15H11N3O2. The molecule has 0 spiro atoms. The summed E-state index contributed by atoms with van der Waals surface area (Å²) in [4.78, 5) is 4.37. The molecule has 0 unspecified atom stereocenters. The molecule has 5 heteroatoms. The molecule has 3 heterocycles. The molecule has 0 N–H and O–H groups in total. The van der Waals surface area contributed by atoms with Crippen molar-refractivity contribution in [1.29, 1.82) is 0 Å². The van der Waals surface area contributed by atoms with Crippen molar-refractivity contribution in [1.82, 2.24) is 14.6 Å². The highest BCUT2D eigenvalue weighted by atomic mass is 16.5. The molecule has 0 atom stereocenters. The lowest BCUT2D eigenvalue weighted by molar-refractivity contribution is 0.259. The quantitative estimate of drug-likeness (QED) is 0.571. The molecule has 1 aromatic carbocycles. The Labute approximate surface area is 114 Å². The predicted octanol–water partition coefficient (Wildman–Crippen LogP) is 3.05. The fourth-order valence-corrected chi connectivity index (χ4v) is 2.16.